The number of carbonyl (C=O) groups is 1. The van der Waals surface area contributed by atoms with Crippen molar-refractivity contribution in [1.82, 2.24) is 5.32 Å². The van der Waals surface area contributed by atoms with E-state index in [1.807, 2.05) is 32.0 Å². The highest BCUT2D eigenvalue weighted by Gasteiger charge is 2.12. The van der Waals surface area contributed by atoms with E-state index in [1.165, 1.54) is 0 Å². The van der Waals surface area contributed by atoms with E-state index in [0.29, 0.717) is 11.3 Å². The Morgan fingerprint density at radius 1 is 1.35 bits per heavy atom. The number of nitrogens with two attached hydrogens (primary N) is 2. The molecular formula is C13H19N3O. The number of hydrogen-bond acceptors (Lipinski definition) is 3. The summed E-state index contributed by atoms with van der Waals surface area (Å²) < 4.78 is 0. The minimum Gasteiger partial charge on any atom is -0.402 e. The first-order valence-corrected chi connectivity index (χ1v) is 5.62. The fraction of sp³-hybridized carbons (Fsp3) is 0.308. The lowest BCUT2D eigenvalue weighted by Gasteiger charge is -2.16. The van der Waals surface area contributed by atoms with Crippen molar-refractivity contribution in [3.05, 3.63) is 47.2 Å². The molecule has 4 heteroatoms. The Bertz CT molecular complexity index is 412. The maximum Gasteiger partial charge on any atom is 0.252 e. The molecule has 1 aromatic rings. The van der Waals surface area contributed by atoms with E-state index in [4.69, 9.17) is 11.5 Å². The van der Waals surface area contributed by atoms with Gasteiger partial charge in [-0.2, -0.15) is 0 Å². The van der Waals surface area contributed by atoms with Crippen LogP contribution < -0.4 is 16.8 Å². The number of benzene rings is 1. The lowest BCUT2D eigenvalue weighted by atomic mass is 10.1. The van der Waals surface area contributed by atoms with Gasteiger partial charge in [-0.25, -0.2) is 0 Å². The van der Waals surface area contributed by atoms with Gasteiger partial charge >= 0.3 is 0 Å². The Kier molecular flexibility index (Phi) is 4.72. The Labute approximate surface area is 102 Å². The lowest BCUT2D eigenvalue weighted by Crippen LogP contribution is -2.43. The Morgan fingerprint density at radius 3 is 2.47 bits per heavy atom. The molecule has 92 valence electrons. The number of carbonyl (C=O) groups excluding carboxylic acids is 1. The largest absolute Gasteiger partial charge is 0.402 e. The van der Waals surface area contributed by atoms with Crippen LogP contribution in [0.2, 0.25) is 0 Å². The van der Waals surface area contributed by atoms with Crippen molar-refractivity contribution in [2.24, 2.45) is 11.5 Å². The molecule has 17 heavy (non-hydrogen) atoms. The molecule has 1 atom stereocenters. The van der Waals surface area contributed by atoms with E-state index in [2.05, 4.69) is 5.32 Å². The third-order valence-electron chi connectivity index (χ3n) is 2.68. The second kappa shape index (κ2) is 6.06. The molecule has 1 amide bonds. The zero-order valence-electron chi connectivity index (χ0n) is 10.2. The summed E-state index contributed by atoms with van der Waals surface area (Å²) in [6, 6.07) is 8.96. The van der Waals surface area contributed by atoms with Crippen LogP contribution in [0, 0.1) is 0 Å². The highest BCUT2D eigenvalue weighted by atomic mass is 16.1. The van der Waals surface area contributed by atoms with Gasteiger partial charge < -0.3 is 16.8 Å². The fourth-order valence-corrected chi connectivity index (χ4v) is 1.40. The van der Waals surface area contributed by atoms with Crippen LogP contribution in [-0.4, -0.2) is 12.1 Å². The van der Waals surface area contributed by atoms with Crippen molar-refractivity contribution in [1.29, 1.82) is 0 Å². The van der Waals surface area contributed by atoms with Crippen LogP contribution in [0.15, 0.2) is 41.6 Å². The molecule has 0 spiro atoms. The van der Waals surface area contributed by atoms with Gasteiger partial charge in [0.05, 0.1) is 0 Å². The van der Waals surface area contributed by atoms with Gasteiger partial charge in [0.25, 0.3) is 5.91 Å². The summed E-state index contributed by atoms with van der Waals surface area (Å²) in [5, 5.41) is 2.71. The first kappa shape index (κ1) is 13.3. The van der Waals surface area contributed by atoms with Crippen molar-refractivity contribution in [2.45, 2.75) is 26.4 Å². The number of rotatable bonds is 4. The molecule has 0 fully saturated rings. The molecule has 0 radical (unpaired) electrons. The number of amides is 1. The molecule has 0 bridgehead atoms. The van der Waals surface area contributed by atoms with Crippen LogP contribution in [0.3, 0.4) is 0 Å². The Balaban J connectivity index is 2.70. The molecule has 1 aromatic carbocycles. The first-order valence-electron chi connectivity index (χ1n) is 5.62. The van der Waals surface area contributed by atoms with Gasteiger partial charge in [-0.1, -0.05) is 25.1 Å². The van der Waals surface area contributed by atoms with E-state index in [1.54, 1.807) is 12.1 Å². The number of hydrogen-bond donors (Lipinski definition) is 3. The van der Waals surface area contributed by atoms with Crippen molar-refractivity contribution in [3.63, 3.8) is 0 Å². The standard InChI is InChI=1S/C13H19N3O/c1-3-11(14)9(2)12(15)16-13(17)10-7-5-4-6-8-10/h4-8,12H,3,14-15H2,1-2H3,(H,16,17)/b11-9-. The monoisotopic (exact) mass is 233 g/mol. The molecule has 0 saturated carbocycles. The highest BCUT2D eigenvalue weighted by molar-refractivity contribution is 5.94. The van der Waals surface area contributed by atoms with Crippen LogP contribution in [0.4, 0.5) is 0 Å². The van der Waals surface area contributed by atoms with E-state index in [9.17, 15) is 4.79 Å². The van der Waals surface area contributed by atoms with Gasteiger partial charge in [0.15, 0.2) is 0 Å². The quantitative estimate of drug-likeness (QED) is 0.686. The summed E-state index contributed by atoms with van der Waals surface area (Å²) in [5.41, 5.74) is 13.7. The summed E-state index contributed by atoms with van der Waals surface area (Å²) in [6.45, 7) is 3.78. The predicted molar refractivity (Wildman–Crippen MR) is 69.1 cm³/mol. The smallest absolute Gasteiger partial charge is 0.252 e. The van der Waals surface area contributed by atoms with Gasteiger partial charge in [-0.05, 0) is 31.1 Å². The van der Waals surface area contributed by atoms with Crippen molar-refractivity contribution in [2.75, 3.05) is 0 Å². The molecule has 0 heterocycles. The fourth-order valence-electron chi connectivity index (χ4n) is 1.40. The minimum absolute atomic E-state index is 0.193. The van der Waals surface area contributed by atoms with Crippen LogP contribution >= 0.6 is 0 Å². The normalized spacial score (nSPS) is 13.8. The topological polar surface area (TPSA) is 81.1 Å². The molecular weight excluding hydrogens is 214 g/mol. The van der Waals surface area contributed by atoms with Crippen molar-refractivity contribution < 1.29 is 4.79 Å². The maximum atomic E-state index is 11.8. The van der Waals surface area contributed by atoms with Gasteiger partial charge in [0.2, 0.25) is 0 Å². The average molecular weight is 233 g/mol. The zero-order chi connectivity index (χ0) is 12.8. The zero-order valence-corrected chi connectivity index (χ0v) is 10.2. The van der Waals surface area contributed by atoms with E-state index in [0.717, 1.165) is 12.0 Å². The summed E-state index contributed by atoms with van der Waals surface area (Å²) in [7, 11) is 0. The molecule has 0 aliphatic rings. The van der Waals surface area contributed by atoms with Crippen LogP contribution in [0.1, 0.15) is 30.6 Å². The average Bonchev–Trinajstić information content (AvgIpc) is 2.37. The third kappa shape index (κ3) is 3.60. The second-order valence-electron chi connectivity index (χ2n) is 3.88. The van der Waals surface area contributed by atoms with Crippen LogP contribution in [0.25, 0.3) is 0 Å². The lowest BCUT2D eigenvalue weighted by molar-refractivity contribution is 0.0943. The molecule has 5 N–H and O–H groups in total. The highest BCUT2D eigenvalue weighted by Crippen LogP contribution is 2.05. The number of allylic oxidation sites excluding steroid dienone is 1. The second-order valence-corrected chi connectivity index (χ2v) is 3.88. The molecule has 0 aliphatic carbocycles. The SMILES string of the molecule is CC/C(N)=C(\C)C(N)NC(=O)c1ccccc1. The van der Waals surface area contributed by atoms with Crippen LogP contribution in [0.5, 0.6) is 0 Å². The number of nitrogens with one attached hydrogen (secondary N) is 1. The first-order chi connectivity index (χ1) is 8.06. The van der Waals surface area contributed by atoms with E-state index >= 15 is 0 Å². The summed E-state index contributed by atoms with van der Waals surface area (Å²) >= 11 is 0. The Hall–Kier alpha value is -1.81. The van der Waals surface area contributed by atoms with Gasteiger partial charge in [-0.15, -0.1) is 0 Å². The summed E-state index contributed by atoms with van der Waals surface area (Å²) in [5.74, 6) is -0.193. The molecule has 1 unspecified atom stereocenters. The maximum absolute atomic E-state index is 11.8. The minimum atomic E-state index is -0.539. The molecule has 4 nitrogen and oxygen atoms in total. The van der Waals surface area contributed by atoms with Crippen molar-refractivity contribution in [3.8, 4) is 0 Å². The van der Waals surface area contributed by atoms with Crippen LogP contribution in [-0.2, 0) is 0 Å². The predicted octanol–water partition coefficient (Wildman–Crippen LogP) is 1.34. The van der Waals surface area contributed by atoms with E-state index < -0.39 is 6.17 Å². The molecule has 0 aromatic heterocycles. The molecule has 0 saturated heterocycles. The summed E-state index contributed by atoms with van der Waals surface area (Å²) in [4.78, 5) is 11.8. The molecule has 0 aliphatic heterocycles. The third-order valence-corrected chi connectivity index (χ3v) is 2.68. The molecule has 1 rings (SSSR count). The van der Waals surface area contributed by atoms with Crippen molar-refractivity contribution >= 4 is 5.91 Å². The summed E-state index contributed by atoms with van der Waals surface area (Å²) in [6.07, 6.45) is 0.184. The van der Waals surface area contributed by atoms with E-state index in [-0.39, 0.29) is 5.91 Å². The van der Waals surface area contributed by atoms with Gasteiger partial charge in [0, 0.05) is 11.3 Å². The van der Waals surface area contributed by atoms with Gasteiger partial charge in [0.1, 0.15) is 6.17 Å². The van der Waals surface area contributed by atoms with Gasteiger partial charge in [-0.3, -0.25) is 4.79 Å². The Morgan fingerprint density at radius 2 is 1.94 bits per heavy atom.